The first-order chi connectivity index (χ1) is 13.7. The number of H-pyrrole nitrogens is 1. The van der Waals surface area contributed by atoms with E-state index in [1.807, 2.05) is 31.7 Å². The van der Waals surface area contributed by atoms with Crippen molar-refractivity contribution in [2.75, 3.05) is 33.7 Å². The summed E-state index contributed by atoms with van der Waals surface area (Å²) in [4.78, 5) is 25.2. The molecule has 1 unspecified atom stereocenters. The van der Waals surface area contributed by atoms with Gasteiger partial charge in [0.15, 0.2) is 0 Å². The molecule has 3 aliphatic heterocycles. The molecule has 1 saturated heterocycles. The summed E-state index contributed by atoms with van der Waals surface area (Å²) < 4.78 is 37.8. The van der Waals surface area contributed by atoms with E-state index in [9.17, 15) is 18.0 Å². The number of carbonyl (C=O) groups excluding carboxylic acids is 1. The molecule has 0 aromatic carbocycles. The summed E-state index contributed by atoms with van der Waals surface area (Å²) in [6.07, 6.45) is 4.58. The number of fused-ring (bicyclic) bond motifs is 3. The van der Waals surface area contributed by atoms with Gasteiger partial charge in [0.1, 0.15) is 12.4 Å². The van der Waals surface area contributed by atoms with Gasteiger partial charge < -0.3 is 19.7 Å². The molecule has 6 nitrogen and oxygen atoms in total. The van der Waals surface area contributed by atoms with Crippen LogP contribution in [0.4, 0.5) is 19.0 Å². The third-order valence-corrected chi connectivity index (χ3v) is 5.82. The minimum absolute atomic E-state index is 0.0376. The fourth-order valence-electron chi connectivity index (χ4n) is 4.33. The predicted octanol–water partition coefficient (Wildman–Crippen LogP) is 3.00. The molecule has 0 bridgehead atoms. The van der Waals surface area contributed by atoms with Crippen LogP contribution in [0, 0.1) is 5.92 Å². The molecule has 29 heavy (non-hydrogen) atoms. The number of rotatable bonds is 3. The highest BCUT2D eigenvalue weighted by Crippen LogP contribution is 2.39. The van der Waals surface area contributed by atoms with Gasteiger partial charge in [0, 0.05) is 68.5 Å². The monoisotopic (exact) mass is 407 g/mol. The maximum atomic E-state index is 12.6. The Hall–Kier alpha value is -2.71. The zero-order valence-electron chi connectivity index (χ0n) is 16.4. The van der Waals surface area contributed by atoms with Crippen molar-refractivity contribution < 1.29 is 18.0 Å². The Bertz CT molecular complexity index is 877. The lowest BCUT2D eigenvalue weighted by atomic mass is 9.90. The SMILES string of the molecule is CN(CC(F)(F)F)C(=O)C1CCN(C2=C3c4cc[nH]c4N=CC3N(C)C=C2)CC1. The number of halogens is 3. The van der Waals surface area contributed by atoms with Crippen molar-refractivity contribution in [1.29, 1.82) is 0 Å². The van der Waals surface area contributed by atoms with Crippen molar-refractivity contribution in [3.63, 3.8) is 0 Å². The van der Waals surface area contributed by atoms with Crippen LogP contribution in [0.25, 0.3) is 5.57 Å². The van der Waals surface area contributed by atoms with E-state index in [4.69, 9.17) is 0 Å². The number of nitrogens with one attached hydrogen (secondary N) is 1. The molecule has 1 atom stereocenters. The number of alkyl halides is 3. The number of likely N-dealkylation sites (N-methyl/N-ethyl adjacent to an activating group) is 1. The molecule has 0 saturated carbocycles. The lowest BCUT2D eigenvalue weighted by Crippen LogP contribution is -2.44. The summed E-state index contributed by atoms with van der Waals surface area (Å²) in [5.41, 5.74) is 3.32. The van der Waals surface area contributed by atoms with Gasteiger partial charge in [0.25, 0.3) is 0 Å². The highest BCUT2D eigenvalue weighted by atomic mass is 19.4. The van der Waals surface area contributed by atoms with Gasteiger partial charge in [-0.25, -0.2) is 4.99 Å². The minimum Gasteiger partial charge on any atom is -0.371 e. The molecule has 4 heterocycles. The van der Waals surface area contributed by atoms with Gasteiger partial charge in [-0.2, -0.15) is 13.2 Å². The van der Waals surface area contributed by atoms with Crippen LogP contribution >= 0.6 is 0 Å². The predicted molar refractivity (Wildman–Crippen MR) is 105 cm³/mol. The first-order valence-corrected chi connectivity index (χ1v) is 9.67. The molecule has 4 rings (SSSR count). The Labute approximate surface area is 167 Å². The lowest BCUT2D eigenvalue weighted by molar-refractivity contribution is -0.161. The number of nitrogens with zero attached hydrogens (tertiary/aromatic N) is 4. The third kappa shape index (κ3) is 3.77. The number of amides is 1. The highest BCUT2D eigenvalue weighted by Gasteiger charge is 2.36. The quantitative estimate of drug-likeness (QED) is 0.838. The fraction of sp³-hybridized carbons (Fsp3) is 0.500. The minimum atomic E-state index is -4.37. The number of piperidine rings is 1. The van der Waals surface area contributed by atoms with Crippen LogP contribution in [-0.2, 0) is 4.79 Å². The number of aromatic amines is 1. The zero-order chi connectivity index (χ0) is 20.8. The topological polar surface area (TPSA) is 54.9 Å². The first-order valence-electron chi connectivity index (χ1n) is 9.67. The number of aromatic nitrogens is 1. The van der Waals surface area contributed by atoms with Crippen molar-refractivity contribution in [2.45, 2.75) is 25.1 Å². The van der Waals surface area contributed by atoms with E-state index in [1.165, 1.54) is 12.6 Å². The second kappa shape index (κ2) is 7.27. The Morgan fingerprint density at radius 3 is 2.76 bits per heavy atom. The van der Waals surface area contributed by atoms with Crippen LogP contribution in [-0.4, -0.2) is 77.8 Å². The summed E-state index contributed by atoms with van der Waals surface area (Å²) >= 11 is 0. The van der Waals surface area contributed by atoms with E-state index < -0.39 is 18.6 Å². The normalized spacial score (nSPS) is 22.0. The van der Waals surface area contributed by atoms with Gasteiger partial charge in [-0.1, -0.05) is 0 Å². The summed E-state index contributed by atoms with van der Waals surface area (Å²) in [6, 6.07) is 2.05. The molecule has 1 aromatic heterocycles. The Morgan fingerprint density at radius 1 is 1.34 bits per heavy atom. The molecule has 1 fully saturated rings. The zero-order valence-corrected chi connectivity index (χ0v) is 16.4. The average molecular weight is 407 g/mol. The van der Waals surface area contributed by atoms with E-state index in [0.29, 0.717) is 25.9 Å². The summed E-state index contributed by atoms with van der Waals surface area (Å²) in [5, 5.41) is 0. The van der Waals surface area contributed by atoms with Crippen LogP contribution in [0.1, 0.15) is 18.4 Å². The second-order valence-electron chi connectivity index (χ2n) is 7.81. The molecule has 0 spiro atoms. The van der Waals surface area contributed by atoms with Gasteiger partial charge in [0.2, 0.25) is 5.91 Å². The Morgan fingerprint density at radius 2 is 2.07 bits per heavy atom. The van der Waals surface area contributed by atoms with Crippen LogP contribution in [0.3, 0.4) is 0 Å². The van der Waals surface area contributed by atoms with Crippen LogP contribution in [0.5, 0.6) is 0 Å². The molecule has 1 aromatic rings. The van der Waals surface area contributed by atoms with Crippen LogP contribution in [0.15, 0.2) is 35.2 Å². The van der Waals surface area contributed by atoms with E-state index >= 15 is 0 Å². The van der Waals surface area contributed by atoms with Crippen molar-refractivity contribution in [2.24, 2.45) is 10.9 Å². The number of carbonyl (C=O) groups is 1. The molecule has 156 valence electrons. The molecule has 1 amide bonds. The van der Waals surface area contributed by atoms with Crippen molar-refractivity contribution in [3.8, 4) is 0 Å². The molecule has 1 N–H and O–H groups in total. The standard InChI is InChI=1S/C20H24F3N5O/c1-26-8-6-15(17-14-3-7-24-18(14)25-11-16(17)26)28-9-4-13(5-10-28)19(29)27(2)12-20(21,22)23/h3,6-8,11,13,16,24H,4-5,9-10,12H2,1-2H3. The van der Waals surface area contributed by atoms with Gasteiger partial charge in [-0.15, -0.1) is 0 Å². The largest absolute Gasteiger partial charge is 0.406 e. The van der Waals surface area contributed by atoms with E-state index in [-0.39, 0.29) is 12.0 Å². The van der Waals surface area contributed by atoms with Crippen LogP contribution < -0.4 is 0 Å². The molecule has 9 heteroatoms. The summed E-state index contributed by atoms with van der Waals surface area (Å²) in [5.74, 6) is 0.0383. The third-order valence-electron chi connectivity index (χ3n) is 5.82. The van der Waals surface area contributed by atoms with Gasteiger partial charge in [-0.05, 0) is 25.0 Å². The highest BCUT2D eigenvalue weighted by molar-refractivity contribution is 5.96. The maximum Gasteiger partial charge on any atom is 0.406 e. The van der Waals surface area contributed by atoms with Crippen molar-refractivity contribution in [3.05, 3.63) is 35.8 Å². The van der Waals surface area contributed by atoms with Crippen LogP contribution in [0.2, 0.25) is 0 Å². The molecular formula is C20H24F3N5O. The number of allylic oxidation sites excluding steroid dienone is 1. The van der Waals surface area contributed by atoms with E-state index in [0.717, 1.165) is 22.0 Å². The molecule has 3 aliphatic rings. The number of hydrogen-bond acceptors (Lipinski definition) is 4. The van der Waals surface area contributed by atoms with Crippen molar-refractivity contribution in [1.82, 2.24) is 19.7 Å². The number of likely N-dealkylation sites (tertiary alicyclic amines) is 1. The smallest absolute Gasteiger partial charge is 0.371 e. The maximum absolute atomic E-state index is 12.6. The van der Waals surface area contributed by atoms with Gasteiger partial charge in [-0.3, -0.25) is 4.79 Å². The average Bonchev–Trinajstić information content (AvgIpc) is 3.16. The number of aliphatic imine (C=N–C) groups is 1. The summed E-state index contributed by atoms with van der Waals surface area (Å²) in [7, 11) is 3.23. The second-order valence-corrected chi connectivity index (χ2v) is 7.81. The Balaban J connectivity index is 1.50. The van der Waals surface area contributed by atoms with Crippen molar-refractivity contribution >= 4 is 23.5 Å². The van der Waals surface area contributed by atoms with E-state index in [2.05, 4.69) is 25.9 Å². The Kier molecular flexibility index (Phi) is 4.92. The molecular weight excluding hydrogens is 383 g/mol. The van der Waals surface area contributed by atoms with Gasteiger partial charge in [0.05, 0.1) is 6.04 Å². The lowest BCUT2D eigenvalue weighted by Gasteiger charge is -2.40. The summed E-state index contributed by atoms with van der Waals surface area (Å²) in [6.45, 7) is 0.0627. The molecule has 0 aliphatic carbocycles. The molecule has 0 radical (unpaired) electrons. The fourth-order valence-corrected chi connectivity index (χ4v) is 4.33. The first kappa shape index (κ1) is 19.6. The number of hydrogen-bond donors (Lipinski definition) is 1. The van der Waals surface area contributed by atoms with E-state index in [1.54, 1.807) is 0 Å². The van der Waals surface area contributed by atoms with Gasteiger partial charge >= 0.3 is 6.18 Å².